The Balaban J connectivity index is 1.84. The second-order valence-corrected chi connectivity index (χ2v) is 7.17. The van der Waals surface area contributed by atoms with Gasteiger partial charge in [0.15, 0.2) is 5.78 Å². The largest absolute Gasteiger partial charge is 0.478 e. The molecule has 8 heteroatoms. The second-order valence-electron chi connectivity index (χ2n) is 6.12. The molecular formula is C21H20N2O5S. The number of anilines is 2. The molecule has 0 saturated carbocycles. The van der Waals surface area contributed by atoms with Crippen molar-refractivity contribution < 1.29 is 24.3 Å². The summed E-state index contributed by atoms with van der Waals surface area (Å²) in [5.74, 6) is -1.70. The third-order valence-electron chi connectivity index (χ3n) is 3.75. The summed E-state index contributed by atoms with van der Waals surface area (Å²) in [7, 11) is 0. The first-order valence-corrected chi connectivity index (χ1v) is 9.59. The molecule has 0 radical (unpaired) electrons. The smallest absolute Gasteiger partial charge is 0.331 e. The molecule has 0 atom stereocenters. The van der Waals surface area contributed by atoms with Crippen LogP contribution in [0.4, 0.5) is 11.4 Å². The van der Waals surface area contributed by atoms with Gasteiger partial charge in [-0.15, -0.1) is 11.8 Å². The fourth-order valence-corrected chi connectivity index (χ4v) is 2.90. The number of ketones is 1. The Labute approximate surface area is 172 Å². The minimum Gasteiger partial charge on any atom is -0.478 e. The first-order chi connectivity index (χ1) is 13.7. The number of benzene rings is 2. The van der Waals surface area contributed by atoms with Crippen LogP contribution in [-0.2, 0) is 14.4 Å². The van der Waals surface area contributed by atoms with Crippen LogP contribution < -0.4 is 10.6 Å². The molecule has 150 valence electrons. The molecule has 7 nitrogen and oxygen atoms in total. The number of aliphatic carboxylic acids is 1. The summed E-state index contributed by atoms with van der Waals surface area (Å²) in [4.78, 5) is 46.6. The monoisotopic (exact) mass is 412 g/mol. The molecule has 0 heterocycles. The maximum atomic E-state index is 12.1. The lowest BCUT2D eigenvalue weighted by Gasteiger charge is -2.07. The van der Waals surface area contributed by atoms with Gasteiger partial charge in [-0.3, -0.25) is 14.4 Å². The van der Waals surface area contributed by atoms with Crippen LogP contribution in [0.5, 0.6) is 0 Å². The van der Waals surface area contributed by atoms with Crippen LogP contribution in [-0.4, -0.2) is 34.4 Å². The quantitative estimate of drug-likeness (QED) is 0.347. The molecule has 0 aliphatic carbocycles. The van der Waals surface area contributed by atoms with Crippen molar-refractivity contribution in [3.8, 4) is 0 Å². The average molecular weight is 412 g/mol. The number of rotatable bonds is 8. The van der Waals surface area contributed by atoms with Crippen molar-refractivity contribution in [2.24, 2.45) is 0 Å². The van der Waals surface area contributed by atoms with Gasteiger partial charge in [0.05, 0.1) is 5.75 Å². The molecule has 2 rings (SSSR count). The predicted octanol–water partition coefficient (Wildman–Crippen LogP) is 3.59. The van der Waals surface area contributed by atoms with E-state index in [2.05, 4.69) is 10.6 Å². The number of carboxylic acid groups (broad SMARTS) is 1. The molecule has 0 aromatic heterocycles. The van der Waals surface area contributed by atoms with E-state index in [0.717, 1.165) is 11.0 Å². The SMILES string of the molecule is CC(=O)c1ccc(NC(=O)CSc2ccc(NC(=O)C=C(C)C(=O)O)cc2)cc1. The number of hydrogen-bond donors (Lipinski definition) is 3. The van der Waals surface area contributed by atoms with Crippen LogP contribution in [0.1, 0.15) is 24.2 Å². The number of amides is 2. The Hall–Kier alpha value is -3.39. The van der Waals surface area contributed by atoms with Crippen LogP contribution in [0, 0.1) is 0 Å². The Morgan fingerprint density at radius 2 is 1.45 bits per heavy atom. The molecular weight excluding hydrogens is 392 g/mol. The van der Waals surface area contributed by atoms with Gasteiger partial charge in [0.2, 0.25) is 11.8 Å². The molecule has 0 spiro atoms. The summed E-state index contributed by atoms with van der Waals surface area (Å²) >= 11 is 1.33. The van der Waals surface area contributed by atoms with E-state index in [0.29, 0.717) is 16.9 Å². The minimum atomic E-state index is -1.15. The summed E-state index contributed by atoms with van der Waals surface area (Å²) < 4.78 is 0. The van der Waals surface area contributed by atoms with E-state index in [9.17, 15) is 19.2 Å². The van der Waals surface area contributed by atoms with Crippen molar-refractivity contribution >= 4 is 46.7 Å². The van der Waals surface area contributed by atoms with E-state index in [-0.39, 0.29) is 23.0 Å². The third kappa shape index (κ3) is 7.27. The van der Waals surface area contributed by atoms with Gasteiger partial charge in [0, 0.05) is 33.5 Å². The van der Waals surface area contributed by atoms with E-state index in [4.69, 9.17) is 5.11 Å². The molecule has 29 heavy (non-hydrogen) atoms. The minimum absolute atomic E-state index is 0.0360. The highest BCUT2D eigenvalue weighted by molar-refractivity contribution is 8.00. The highest BCUT2D eigenvalue weighted by Gasteiger charge is 2.07. The van der Waals surface area contributed by atoms with E-state index >= 15 is 0 Å². The van der Waals surface area contributed by atoms with Crippen LogP contribution in [0.25, 0.3) is 0 Å². The summed E-state index contributed by atoms with van der Waals surface area (Å²) in [5, 5.41) is 14.1. The van der Waals surface area contributed by atoms with E-state index in [1.165, 1.54) is 25.6 Å². The maximum absolute atomic E-state index is 12.1. The van der Waals surface area contributed by atoms with Gasteiger partial charge < -0.3 is 15.7 Å². The van der Waals surface area contributed by atoms with Crippen molar-refractivity contribution in [1.82, 2.24) is 0 Å². The number of Topliss-reactive ketones (excluding diaryl/α,β-unsaturated/α-hetero) is 1. The van der Waals surface area contributed by atoms with Gasteiger partial charge in [0.25, 0.3) is 0 Å². The molecule has 0 unspecified atom stereocenters. The highest BCUT2D eigenvalue weighted by atomic mass is 32.2. The van der Waals surface area contributed by atoms with Gasteiger partial charge in [-0.25, -0.2) is 4.79 Å². The maximum Gasteiger partial charge on any atom is 0.331 e. The highest BCUT2D eigenvalue weighted by Crippen LogP contribution is 2.21. The summed E-state index contributed by atoms with van der Waals surface area (Å²) in [6.45, 7) is 2.82. The van der Waals surface area contributed by atoms with Gasteiger partial charge in [-0.1, -0.05) is 0 Å². The molecule has 0 saturated heterocycles. The van der Waals surface area contributed by atoms with Crippen LogP contribution in [0.15, 0.2) is 65.1 Å². The number of thioether (sulfide) groups is 1. The second kappa shape index (κ2) is 10.2. The topological polar surface area (TPSA) is 113 Å². The average Bonchev–Trinajstić information content (AvgIpc) is 2.67. The molecule has 0 aliphatic heterocycles. The molecule has 2 amide bonds. The Morgan fingerprint density at radius 1 is 0.897 bits per heavy atom. The van der Waals surface area contributed by atoms with E-state index < -0.39 is 11.9 Å². The zero-order chi connectivity index (χ0) is 21.4. The van der Waals surface area contributed by atoms with Crippen LogP contribution in [0.3, 0.4) is 0 Å². The van der Waals surface area contributed by atoms with Gasteiger partial charge in [-0.05, 0) is 62.4 Å². The molecule has 3 N–H and O–H groups in total. The number of carbonyl (C=O) groups excluding carboxylic acids is 3. The molecule has 0 aliphatic rings. The Bertz CT molecular complexity index is 950. The number of carbonyl (C=O) groups is 4. The van der Waals surface area contributed by atoms with Crippen molar-refractivity contribution in [3.05, 3.63) is 65.7 Å². The summed E-state index contributed by atoms with van der Waals surface area (Å²) in [6.07, 6.45) is 1.01. The van der Waals surface area contributed by atoms with E-state index in [1.54, 1.807) is 48.5 Å². The summed E-state index contributed by atoms with van der Waals surface area (Å²) in [5.41, 5.74) is 1.65. The van der Waals surface area contributed by atoms with Crippen molar-refractivity contribution in [3.63, 3.8) is 0 Å². The molecule has 2 aromatic carbocycles. The predicted molar refractivity (Wildman–Crippen MR) is 112 cm³/mol. The Kier molecular flexibility index (Phi) is 7.73. The fraction of sp³-hybridized carbons (Fsp3) is 0.143. The first-order valence-electron chi connectivity index (χ1n) is 8.61. The zero-order valence-corrected chi connectivity index (χ0v) is 16.7. The standard InChI is InChI=1S/C21H20N2O5S/c1-13(21(27)28)11-19(25)22-17-7-9-18(10-8-17)29-12-20(26)23-16-5-3-15(4-6-16)14(2)24/h3-11H,12H2,1-2H3,(H,22,25)(H,23,26)(H,27,28). The lowest BCUT2D eigenvalue weighted by molar-refractivity contribution is -0.132. The van der Waals surface area contributed by atoms with Gasteiger partial charge in [-0.2, -0.15) is 0 Å². The molecule has 0 bridgehead atoms. The van der Waals surface area contributed by atoms with Crippen LogP contribution in [0.2, 0.25) is 0 Å². The van der Waals surface area contributed by atoms with Crippen molar-refractivity contribution in [2.45, 2.75) is 18.7 Å². The number of carboxylic acids is 1. The number of nitrogens with one attached hydrogen (secondary N) is 2. The van der Waals surface area contributed by atoms with Crippen LogP contribution >= 0.6 is 11.8 Å². The molecule has 0 fully saturated rings. The van der Waals surface area contributed by atoms with Gasteiger partial charge >= 0.3 is 5.97 Å². The number of hydrogen-bond acceptors (Lipinski definition) is 5. The van der Waals surface area contributed by atoms with Crippen molar-refractivity contribution in [2.75, 3.05) is 16.4 Å². The van der Waals surface area contributed by atoms with E-state index in [1.807, 2.05) is 0 Å². The van der Waals surface area contributed by atoms with Crippen molar-refractivity contribution in [1.29, 1.82) is 0 Å². The third-order valence-corrected chi connectivity index (χ3v) is 4.76. The lowest BCUT2D eigenvalue weighted by atomic mass is 10.1. The zero-order valence-electron chi connectivity index (χ0n) is 15.9. The summed E-state index contributed by atoms with van der Waals surface area (Å²) in [6, 6.07) is 13.5. The fourth-order valence-electron chi connectivity index (χ4n) is 2.21. The normalized spacial score (nSPS) is 10.9. The Morgan fingerprint density at radius 3 is 2.00 bits per heavy atom. The first kappa shape index (κ1) is 21.9. The lowest BCUT2D eigenvalue weighted by Crippen LogP contribution is -2.14. The van der Waals surface area contributed by atoms with Gasteiger partial charge in [0.1, 0.15) is 0 Å². The molecule has 2 aromatic rings.